The van der Waals surface area contributed by atoms with Crippen molar-refractivity contribution in [1.29, 1.82) is 0 Å². The third-order valence-corrected chi connectivity index (χ3v) is 5.55. The average molecular weight is 510 g/mol. The number of allylic oxidation sites excluding steroid dienone is 1. The number of hydrogen-bond acceptors (Lipinski definition) is 7. The molecule has 0 aromatic heterocycles. The van der Waals surface area contributed by atoms with Crippen molar-refractivity contribution in [2.24, 2.45) is 0 Å². The highest BCUT2D eigenvalue weighted by Crippen LogP contribution is 2.39. The molecule has 0 radical (unpaired) electrons. The topological polar surface area (TPSA) is 75.3 Å². The van der Waals surface area contributed by atoms with Crippen molar-refractivity contribution < 1.29 is 28.5 Å². The summed E-state index contributed by atoms with van der Waals surface area (Å²) in [6.07, 6.45) is 6.83. The number of rotatable bonds is 11. The number of carbonyl (C=O) groups is 1. The molecule has 0 aliphatic heterocycles. The van der Waals surface area contributed by atoms with E-state index in [0.29, 0.717) is 45.0 Å². The lowest BCUT2D eigenvalue weighted by atomic mass is 10.1. The van der Waals surface area contributed by atoms with E-state index in [4.69, 9.17) is 35.3 Å². The Morgan fingerprint density at radius 1 is 0.750 bits per heavy atom. The molecular formula is C28H28ClNO6. The van der Waals surface area contributed by atoms with Crippen LogP contribution in [0.2, 0.25) is 5.02 Å². The summed E-state index contributed by atoms with van der Waals surface area (Å²) in [4.78, 5) is 12.5. The molecule has 0 aliphatic carbocycles. The Labute approximate surface area is 215 Å². The van der Waals surface area contributed by atoms with Gasteiger partial charge in [0.15, 0.2) is 28.8 Å². The zero-order chi connectivity index (χ0) is 26.1. The van der Waals surface area contributed by atoms with Gasteiger partial charge < -0.3 is 29.0 Å². The molecule has 0 unspecified atom stereocenters. The molecule has 0 saturated heterocycles. The SMILES string of the molecule is COc1cc(C=Cc2cc(OC)c(OC)c(OC)c2)c(NC=CC(=O)c2ccc(Cl)cc2)cc1OC. The number of methoxy groups -OCH3 is 5. The van der Waals surface area contributed by atoms with Gasteiger partial charge in [0.2, 0.25) is 5.75 Å². The number of nitrogens with one attached hydrogen (secondary N) is 1. The van der Waals surface area contributed by atoms with Gasteiger partial charge in [-0.15, -0.1) is 0 Å². The lowest BCUT2D eigenvalue weighted by molar-refractivity contribution is 0.104. The Morgan fingerprint density at radius 3 is 1.89 bits per heavy atom. The monoisotopic (exact) mass is 509 g/mol. The van der Waals surface area contributed by atoms with Crippen molar-refractivity contribution >= 4 is 35.2 Å². The first-order valence-electron chi connectivity index (χ1n) is 10.9. The zero-order valence-electron chi connectivity index (χ0n) is 20.8. The summed E-state index contributed by atoms with van der Waals surface area (Å²) in [6, 6.07) is 14.0. The first-order valence-corrected chi connectivity index (χ1v) is 11.3. The van der Waals surface area contributed by atoms with E-state index in [1.54, 1.807) is 72.1 Å². The molecule has 0 heterocycles. The van der Waals surface area contributed by atoms with Crippen LogP contribution in [0.1, 0.15) is 21.5 Å². The molecule has 0 spiro atoms. The van der Waals surface area contributed by atoms with Crippen molar-refractivity contribution in [2.45, 2.75) is 0 Å². The number of halogens is 1. The summed E-state index contributed by atoms with van der Waals surface area (Å²) >= 11 is 5.90. The van der Waals surface area contributed by atoms with Gasteiger partial charge >= 0.3 is 0 Å². The molecule has 8 heteroatoms. The van der Waals surface area contributed by atoms with Crippen LogP contribution in [0.25, 0.3) is 12.2 Å². The first-order chi connectivity index (χ1) is 17.4. The highest BCUT2D eigenvalue weighted by atomic mass is 35.5. The van der Waals surface area contributed by atoms with Crippen LogP contribution in [0, 0.1) is 0 Å². The Balaban J connectivity index is 1.93. The van der Waals surface area contributed by atoms with E-state index in [1.165, 1.54) is 6.08 Å². The standard InChI is InChI=1S/C28H28ClNO6/c1-32-24-16-20(7-6-18-14-26(34-3)28(36-5)27(15-18)35-4)22(17-25(24)33-2)30-13-12-23(31)19-8-10-21(29)11-9-19/h6-17,30H,1-5H3. The quantitative estimate of drug-likeness (QED) is 0.183. The fraction of sp³-hybridized carbons (Fsp3) is 0.179. The summed E-state index contributed by atoms with van der Waals surface area (Å²) in [7, 11) is 7.83. The molecule has 0 fully saturated rings. The highest BCUT2D eigenvalue weighted by molar-refractivity contribution is 6.30. The van der Waals surface area contributed by atoms with E-state index >= 15 is 0 Å². The number of anilines is 1. The van der Waals surface area contributed by atoms with E-state index in [2.05, 4.69) is 5.32 Å². The van der Waals surface area contributed by atoms with Crippen LogP contribution < -0.4 is 29.0 Å². The molecule has 0 atom stereocenters. The van der Waals surface area contributed by atoms with Gasteiger partial charge in [-0.1, -0.05) is 23.8 Å². The number of hydrogen-bond donors (Lipinski definition) is 1. The summed E-state index contributed by atoms with van der Waals surface area (Å²) in [5.74, 6) is 2.56. The van der Waals surface area contributed by atoms with E-state index in [-0.39, 0.29) is 5.78 Å². The Kier molecular flexibility index (Phi) is 9.25. The van der Waals surface area contributed by atoms with Crippen LogP contribution in [0.4, 0.5) is 5.69 Å². The van der Waals surface area contributed by atoms with Gasteiger partial charge in [0.25, 0.3) is 0 Å². The number of ketones is 1. The molecule has 3 rings (SSSR count). The molecule has 3 aromatic rings. The van der Waals surface area contributed by atoms with Crippen molar-refractivity contribution in [2.75, 3.05) is 40.9 Å². The van der Waals surface area contributed by atoms with E-state index < -0.39 is 0 Å². The van der Waals surface area contributed by atoms with Crippen molar-refractivity contribution in [3.05, 3.63) is 82.5 Å². The second-order valence-electron chi connectivity index (χ2n) is 7.44. The third-order valence-electron chi connectivity index (χ3n) is 5.30. The maximum absolute atomic E-state index is 12.5. The molecule has 3 aromatic carbocycles. The fourth-order valence-corrected chi connectivity index (χ4v) is 3.58. The van der Waals surface area contributed by atoms with Gasteiger partial charge in [-0.05, 0) is 48.0 Å². The fourth-order valence-electron chi connectivity index (χ4n) is 3.46. The van der Waals surface area contributed by atoms with E-state index in [9.17, 15) is 4.79 Å². The van der Waals surface area contributed by atoms with E-state index in [0.717, 1.165) is 11.1 Å². The smallest absolute Gasteiger partial charge is 0.203 e. The minimum Gasteiger partial charge on any atom is -0.493 e. The second-order valence-corrected chi connectivity index (χ2v) is 7.87. The van der Waals surface area contributed by atoms with Crippen LogP contribution in [-0.4, -0.2) is 41.3 Å². The summed E-state index contributed by atoms with van der Waals surface area (Å²) in [5, 5.41) is 3.74. The zero-order valence-corrected chi connectivity index (χ0v) is 21.5. The Hall–Kier alpha value is -4.10. The van der Waals surface area contributed by atoms with Crippen molar-refractivity contribution in [3.63, 3.8) is 0 Å². The van der Waals surface area contributed by atoms with Crippen LogP contribution in [-0.2, 0) is 0 Å². The molecule has 7 nitrogen and oxygen atoms in total. The Morgan fingerprint density at radius 2 is 1.33 bits per heavy atom. The molecule has 0 amide bonds. The molecule has 188 valence electrons. The normalized spacial score (nSPS) is 10.9. The van der Waals surface area contributed by atoms with Gasteiger partial charge in [0, 0.05) is 40.2 Å². The predicted molar refractivity (Wildman–Crippen MR) is 143 cm³/mol. The molecule has 0 saturated carbocycles. The van der Waals surface area contributed by atoms with E-state index in [1.807, 2.05) is 30.4 Å². The van der Waals surface area contributed by atoms with Gasteiger partial charge in [-0.3, -0.25) is 4.79 Å². The maximum atomic E-state index is 12.5. The van der Waals surface area contributed by atoms with Crippen LogP contribution in [0.3, 0.4) is 0 Å². The van der Waals surface area contributed by atoms with Gasteiger partial charge in [0.1, 0.15) is 0 Å². The summed E-state index contributed by atoms with van der Waals surface area (Å²) < 4.78 is 27.2. The average Bonchev–Trinajstić information content (AvgIpc) is 2.91. The predicted octanol–water partition coefficient (Wildman–Crippen LogP) is 6.36. The number of carbonyl (C=O) groups excluding carboxylic acids is 1. The molecular weight excluding hydrogens is 482 g/mol. The van der Waals surface area contributed by atoms with Crippen molar-refractivity contribution in [3.8, 4) is 28.7 Å². The number of ether oxygens (including phenoxy) is 5. The van der Waals surface area contributed by atoms with Crippen LogP contribution in [0.15, 0.2) is 60.8 Å². The largest absolute Gasteiger partial charge is 0.493 e. The minimum atomic E-state index is -0.158. The number of benzene rings is 3. The van der Waals surface area contributed by atoms with Gasteiger partial charge in [-0.2, -0.15) is 0 Å². The highest BCUT2D eigenvalue weighted by Gasteiger charge is 2.13. The molecule has 36 heavy (non-hydrogen) atoms. The van der Waals surface area contributed by atoms with Crippen LogP contribution in [0.5, 0.6) is 28.7 Å². The molecule has 0 bridgehead atoms. The molecule has 0 aliphatic rings. The van der Waals surface area contributed by atoms with Crippen molar-refractivity contribution in [1.82, 2.24) is 0 Å². The lowest BCUT2D eigenvalue weighted by Crippen LogP contribution is -1.99. The maximum Gasteiger partial charge on any atom is 0.203 e. The first kappa shape index (κ1) is 26.5. The summed E-state index contributed by atoms with van der Waals surface area (Å²) in [5.41, 5.74) is 2.87. The van der Waals surface area contributed by atoms with Gasteiger partial charge in [0.05, 0.1) is 35.5 Å². The minimum absolute atomic E-state index is 0.158. The third kappa shape index (κ3) is 6.31. The lowest BCUT2D eigenvalue weighted by Gasteiger charge is -2.14. The van der Waals surface area contributed by atoms with Gasteiger partial charge in [-0.25, -0.2) is 0 Å². The summed E-state index contributed by atoms with van der Waals surface area (Å²) in [6.45, 7) is 0. The Bertz CT molecular complexity index is 1240. The molecule has 1 N–H and O–H groups in total. The second kappa shape index (κ2) is 12.6. The van der Waals surface area contributed by atoms with Crippen LogP contribution >= 0.6 is 11.6 Å².